The van der Waals surface area contributed by atoms with E-state index in [1.807, 2.05) is 6.92 Å². The van der Waals surface area contributed by atoms with E-state index < -0.39 is 17.4 Å². The average molecular weight is 279 g/mol. The molecule has 1 atom stereocenters. The van der Waals surface area contributed by atoms with Gasteiger partial charge in [0.1, 0.15) is 0 Å². The van der Waals surface area contributed by atoms with Gasteiger partial charge in [0.2, 0.25) is 5.78 Å². The van der Waals surface area contributed by atoms with E-state index in [1.54, 1.807) is 19.9 Å². The van der Waals surface area contributed by atoms with Crippen molar-refractivity contribution >= 4 is 17.5 Å². The van der Waals surface area contributed by atoms with Crippen LogP contribution in [0.15, 0.2) is 12.7 Å². The zero-order valence-corrected chi connectivity index (χ0v) is 12.8. The van der Waals surface area contributed by atoms with Crippen LogP contribution in [-0.2, 0) is 14.4 Å². The van der Waals surface area contributed by atoms with Gasteiger partial charge in [0, 0.05) is 18.4 Å². The highest BCUT2D eigenvalue weighted by atomic mass is 16.2. The molecule has 0 N–H and O–H groups in total. The standard InChI is InChI=1S/C16H25NO3/c1-5-7-10-13(18)12-9-8-11-17(12)15(20)14(19)16(3,4)6-2/h5,12H,1,6-11H2,2-4H3. The molecule has 1 fully saturated rings. The van der Waals surface area contributed by atoms with Crippen LogP contribution < -0.4 is 0 Å². The molecule has 0 radical (unpaired) electrons. The molecule has 0 aromatic rings. The van der Waals surface area contributed by atoms with Gasteiger partial charge in [0.05, 0.1) is 6.04 Å². The molecule has 4 nitrogen and oxygen atoms in total. The maximum Gasteiger partial charge on any atom is 0.291 e. The summed E-state index contributed by atoms with van der Waals surface area (Å²) in [6.45, 7) is 9.55. The number of amides is 1. The summed E-state index contributed by atoms with van der Waals surface area (Å²) >= 11 is 0. The Hall–Kier alpha value is -1.45. The predicted octanol–water partition coefficient (Wildman–Crippen LogP) is 2.52. The van der Waals surface area contributed by atoms with E-state index >= 15 is 0 Å². The Morgan fingerprint density at radius 2 is 2.00 bits per heavy atom. The van der Waals surface area contributed by atoms with Crippen LogP contribution in [0, 0.1) is 5.41 Å². The molecule has 4 heteroatoms. The van der Waals surface area contributed by atoms with E-state index in [-0.39, 0.29) is 11.6 Å². The van der Waals surface area contributed by atoms with Gasteiger partial charge in [0.25, 0.3) is 5.91 Å². The van der Waals surface area contributed by atoms with Crippen molar-refractivity contribution in [3.8, 4) is 0 Å². The smallest absolute Gasteiger partial charge is 0.291 e. The first-order valence-corrected chi connectivity index (χ1v) is 7.34. The van der Waals surface area contributed by atoms with Gasteiger partial charge < -0.3 is 4.90 Å². The quantitative estimate of drug-likeness (QED) is 0.531. The van der Waals surface area contributed by atoms with E-state index in [0.717, 1.165) is 6.42 Å². The molecule has 0 aliphatic carbocycles. The van der Waals surface area contributed by atoms with Crippen molar-refractivity contribution in [3.63, 3.8) is 0 Å². The number of carbonyl (C=O) groups excluding carboxylic acids is 3. The second kappa shape index (κ2) is 6.82. The summed E-state index contributed by atoms with van der Waals surface area (Å²) < 4.78 is 0. The van der Waals surface area contributed by atoms with Gasteiger partial charge in [-0.15, -0.1) is 6.58 Å². The highest BCUT2D eigenvalue weighted by molar-refractivity contribution is 6.38. The molecule has 1 aliphatic heterocycles. The van der Waals surface area contributed by atoms with Crippen molar-refractivity contribution in [2.24, 2.45) is 5.41 Å². The summed E-state index contributed by atoms with van der Waals surface area (Å²) in [5, 5.41) is 0. The monoisotopic (exact) mass is 279 g/mol. The first-order valence-electron chi connectivity index (χ1n) is 7.34. The minimum absolute atomic E-state index is 0.0397. The maximum absolute atomic E-state index is 12.3. The maximum atomic E-state index is 12.3. The zero-order valence-electron chi connectivity index (χ0n) is 12.8. The minimum Gasteiger partial charge on any atom is -0.326 e. The molecule has 1 saturated heterocycles. The van der Waals surface area contributed by atoms with Crippen molar-refractivity contribution in [2.75, 3.05) is 6.54 Å². The molecule has 20 heavy (non-hydrogen) atoms. The second-order valence-corrected chi connectivity index (χ2v) is 6.02. The van der Waals surface area contributed by atoms with Gasteiger partial charge in [-0.25, -0.2) is 0 Å². The third-order valence-electron chi connectivity index (χ3n) is 4.17. The van der Waals surface area contributed by atoms with Gasteiger partial charge in [-0.3, -0.25) is 14.4 Å². The van der Waals surface area contributed by atoms with Crippen molar-refractivity contribution in [1.29, 1.82) is 0 Å². The molecule has 1 aliphatic rings. The van der Waals surface area contributed by atoms with Crippen LogP contribution in [0.5, 0.6) is 0 Å². The number of hydrogen-bond donors (Lipinski definition) is 0. The molecule has 1 amide bonds. The summed E-state index contributed by atoms with van der Waals surface area (Å²) in [4.78, 5) is 38.2. The number of hydrogen-bond acceptors (Lipinski definition) is 3. The normalized spacial score (nSPS) is 18.9. The Labute approximate surface area is 121 Å². The molecule has 0 spiro atoms. The molecule has 1 unspecified atom stereocenters. The second-order valence-electron chi connectivity index (χ2n) is 6.02. The van der Waals surface area contributed by atoms with Crippen LogP contribution in [0.2, 0.25) is 0 Å². The summed E-state index contributed by atoms with van der Waals surface area (Å²) in [5.74, 6) is -0.840. The number of Topliss-reactive ketones (excluding diaryl/α,β-unsaturated/α-hetero) is 2. The lowest BCUT2D eigenvalue weighted by Crippen LogP contribution is -2.47. The van der Waals surface area contributed by atoms with E-state index in [1.165, 1.54) is 4.90 Å². The highest BCUT2D eigenvalue weighted by Crippen LogP contribution is 2.26. The van der Waals surface area contributed by atoms with Crippen LogP contribution in [0.1, 0.15) is 52.9 Å². The molecule has 0 aromatic carbocycles. The molecule has 0 aromatic heterocycles. The van der Waals surface area contributed by atoms with E-state index in [9.17, 15) is 14.4 Å². The number of nitrogens with zero attached hydrogens (tertiary/aromatic N) is 1. The van der Waals surface area contributed by atoms with Gasteiger partial charge in [-0.1, -0.05) is 26.8 Å². The van der Waals surface area contributed by atoms with E-state index in [4.69, 9.17) is 0 Å². The van der Waals surface area contributed by atoms with Gasteiger partial charge in [-0.2, -0.15) is 0 Å². The fraction of sp³-hybridized carbons (Fsp3) is 0.688. The number of likely N-dealkylation sites (tertiary alicyclic amines) is 1. The average Bonchev–Trinajstić information content (AvgIpc) is 2.92. The third kappa shape index (κ3) is 3.56. The van der Waals surface area contributed by atoms with E-state index in [0.29, 0.717) is 32.2 Å². The molecular weight excluding hydrogens is 254 g/mol. The van der Waals surface area contributed by atoms with Crippen LogP contribution in [-0.4, -0.2) is 35.0 Å². The lowest BCUT2D eigenvalue weighted by atomic mass is 9.84. The first kappa shape index (κ1) is 16.6. The Morgan fingerprint density at radius 1 is 1.35 bits per heavy atom. The number of ketones is 2. The first-order chi connectivity index (χ1) is 9.35. The van der Waals surface area contributed by atoms with Crippen LogP contribution in [0.25, 0.3) is 0 Å². The molecule has 0 bridgehead atoms. The number of rotatable bonds is 7. The SMILES string of the molecule is C=CCCC(=O)C1CCCN1C(=O)C(=O)C(C)(C)CC. The molecule has 1 rings (SSSR count). The molecule has 1 heterocycles. The van der Waals surface area contributed by atoms with Crippen molar-refractivity contribution in [3.05, 3.63) is 12.7 Å². The Kier molecular flexibility index (Phi) is 5.66. The Balaban J connectivity index is 2.78. The van der Waals surface area contributed by atoms with Crippen molar-refractivity contribution < 1.29 is 14.4 Å². The fourth-order valence-corrected chi connectivity index (χ4v) is 2.34. The van der Waals surface area contributed by atoms with Crippen LogP contribution in [0.3, 0.4) is 0 Å². The summed E-state index contributed by atoms with van der Waals surface area (Å²) in [6, 6.07) is -0.418. The van der Waals surface area contributed by atoms with Gasteiger partial charge >= 0.3 is 0 Å². The lowest BCUT2D eigenvalue weighted by molar-refractivity contribution is -0.151. The molecule has 0 saturated carbocycles. The van der Waals surface area contributed by atoms with Gasteiger partial charge in [-0.05, 0) is 25.7 Å². The van der Waals surface area contributed by atoms with Gasteiger partial charge in [0.15, 0.2) is 5.78 Å². The van der Waals surface area contributed by atoms with Crippen LogP contribution in [0.4, 0.5) is 0 Å². The number of carbonyl (C=O) groups is 3. The molecule has 112 valence electrons. The highest BCUT2D eigenvalue weighted by Gasteiger charge is 2.40. The third-order valence-corrected chi connectivity index (χ3v) is 4.17. The molecular formula is C16H25NO3. The Bertz CT molecular complexity index is 412. The largest absolute Gasteiger partial charge is 0.326 e. The fourth-order valence-electron chi connectivity index (χ4n) is 2.34. The zero-order chi connectivity index (χ0) is 15.3. The van der Waals surface area contributed by atoms with E-state index in [2.05, 4.69) is 6.58 Å². The summed E-state index contributed by atoms with van der Waals surface area (Å²) in [6.07, 6.45) is 4.78. The Morgan fingerprint density at radius 3 is 2.55 bits per heavy atom. The lowest BCUT2D eigenvalue weighted by Gasteiger charge is -2.27. The summed E-state index contributed by atoms with van der Waals surface area (Å²) in [5.41, 5.74) is -0.658. The van der Waals surface area contributed by atoms with Crippen LogP contribution >= 0.6 is 0 Å². The minimum atomic E-state index is -0.658. The van der Waals surface area contributed by atoms with Crippen molar-refractivity contribution in [1.82, 2.24) is 4.90 Å². The predicted molar refractivity (Wildman–Crippen MR) is 78.3 cm³/mol. The summed E-state index contributed by atoms with van der Waals surface area (Å²) in [7, 11) is 0. The topological polar surface area (TPSA) is 54.5 Å². The van der Waals surface area contributed by atoms with Crippen molar-refractivity contribution in [2.45, 2.75) is 58.9 Å². The number of allylic oxidation sites excluding steroid dienone is 1.